The molecule has 0 spiro atoms. The van der Waals surface area contributed by atoms with E-state index in [1.54, 1.807) is 14.2 Å². The molecule has 0 aliphatic carbocycles. The van der Waals surface area contributed by atoms with Crippen LogP contribution >= 0.6 is 8.53 Å². The second-order valence-electron chi connectivity index (χ2n) is 14.0. The molecule has 1 aliphatic heterocycles. The Morgan fingerprint density at radius 3 is 2.02 bits per heavy atom. The summed E-state index contributed by atoms with van der Waals surface area (Å²) < 4.78 is 46.6. The Balaban J connectivity index is 1.55. The number of nitrogens with one attached hydrogen (secondary N) is 1. The Kier molecular flexibility index (Phi) is 16.4. The van der Waals surface area contributed by atoms with Crippen molar-refractivity contribution in [3.05, 3.63) is 118 Å². The van der Waals surface area contributed by atoms with Crippen LogP contribution in [0.25, 0.3) is 0 Å². The summed E-state index contributed by atoms with van der Waals surface area (Å²) in [6.07, 6.45) is -1.19. The molecule has 0 saturated carbocycles. The summed E-state index contributed by atoms with van der Waals surface area (Å²) in [5.41, 5.74) is 0.645. The van der Waals surface area contributed by atoms with Crippen LogP contribution in [-0.4, -0.2) is 78.6 Å². The quantitative estimate of drug-likeness (QED) is 0.0521. The SMILES string of the molecule is COc1ccc(C(OC[C@H]2O[C@@H](n3ccc(NC(=O)OCCC#N)nc3=O)C[C@@H]2OP(OCCC#N)N(C(C)C)C(C)C)(c2ccccc2)c2ccc(OC)cc2)cc1. The number of nitriles is 2. The highest BCUT2D eigenvalue weighted by atomic mass is 31.2. The third-order valence-corrected chi connectivity index (χ3v) is 11.7. The molecule has 5 rings (SSSR count). The lowest BCUT2D eigenvalue weighted by Gasteiger charge is -2.39. The van der Waals surface area contributed by atoms with E-state index in [-0.39, 0.29) is 57.0 Å². The van der Waals surface area contributed by atoms with Crippen LogP contribution in [0.4, 0.5) is 10.6 Å². The van der Waals surface area contributed by atoms with Crippen LogP contribution in [-0.2, 0) is 28.9 Å². The van der Waals surface area contributed by atoms with Gasteiger partial charge >= 0.3 is 11.8 Å². The van der Waals surface area contributed by atoms with Crippen LogP contribution in [0.1, 0.15) is 69.9 Å². The zero-order chi connectivity index (χ0) is 42.4. The molecule has 1 amide bonds. The summed E-state index contributed by atoms with van der Waals surface area (Å²) in [6, 6.07) is 30.8. The van der Waals surface area contributed by atoms with Crippen molar-refractivity contribution in [2.75, 3.05) is 39.4 Å². The van der Waals surface area contributed by atoms with Crippen LogP contribution in [0.2, 0.25) is 0 Å². The molecule has 1 saturated heterocycles. The fourth-order valence-electron chi connectivity index (χ4n) is 6.86. The van der Waals surface area contributed by atoms with Crippen molar-refractivity contribution >= 4 is 20.4 Å². The minimum Gasteiger partial charge on any atom is -0.497 e. The number of benzene rings is 3. The van der Waals surface area contributed by atoms with Gasteiger partial charge in [0.1, 0.15) is 41.9 Å². The molecule has 2 heterocycles. The number of amides is 1. The van der Waals surface area contributed by atoms with Gasteiger partial charge in [-0.15, -0.1) is 0 Å². The zero-order valence-corrected chi connectivity index (χ0v) is 35.0. The zero-order valence-electron chi connectivity index (χ0n) is 34.1. The van der Waals surface area contributed by atoms with Gasteiger partial charge in [0.15, 0.2) is 0 Å². The van der Waals surface area contributed by atoms with E-state index in [1.165, 1.54) is 16.8 Å². The summed E-state index contributed by atoms with van der Waals surface area (Å²) in [7, 11) is 1.51. The van der Waals surface area contributed by atoms with Gasteiger partial charge in [-0.25, -0.2) is 14.3 Å². The topological polar surface area (TPSA) is 179 Å². The van der Waals surface area contributed by atoms with Crippen molar-refractivity contribution in [2.24, 2.45) is 0 Å². The number of rotatable bonds is 20. The van der Waals surface area contributed by atoms with Gasteiger partial charge in [0.25, 0.3) is 8.53 Å². The number of nitrogens with zero attached hydrogens (tertiary/aromatic N) is 5. The predicted octanol–water partition coefficient (Wildman–Crippen LogP) is 7.68. The molecule has 1 unspecified atom stereocenters. The summed E-state index contributed by atoms with van der Waals surface area (Å²) in [5.74, 6) is 1.34. The Morgan fingerprint density at radius 2 is 1.47 bits per heavy atom. The van der Waals surface area contributed by atoms with Gasteiger partial charge in [0, 0.05) is 24.7 Å². The van der Waals surface area contributed by atoms with E-state index in [4.69, 9.17) is 38.0 Å². The molecule has 0 bridgehead atoms. The molecule has 4 aromatic rings. The first-order chi connectivity index (χ1) is 28.5. The predicted molar refractivity (Wildman–Crippen MR) is 221 cm³/mol. The van der Waals surface area contributed by atoms with Crippen molar-refractivity contribution in [1.29, 1.82) is 10.5 Å². The molecule has 1 N–H and O–H groups in total. The van der Waals surface area contributed by atoms with Gasteiger partial charge in [-0.1, -0.05) is 54.6 Å². The van der Waals surface area contributed by atoms with Gasteiger partial charge in [-0.2, -0.15) is 15.5 Å². The highest BCUT2D eigenvalue weighted by Gasteiger charge is 2.45. The Bertz CT molecular complexity index is 2030. The minimum atomic E-state index is -1.72. The van der Waals surface area contributed by atoms with Crippen molar-refractivity contribution in [2.45, 2.75) is 83.1 Å². The van der Waals surface area contributed by atoms with Crippen LogP contribution < -0.4 is 20.5 Å². The van der Waals surface area contributed by atoms with Crippen LogP contribution in [0, 0.1) is 22.7 Å². The lowest BCUT2D eigenvalue weighted by molar-refractivity contribution is -0.0925. The molecular weight excluding hydrogens is 775 g/mol. The number of carbonyl (C=O) groups is 1. The molecule has 1 fully saturated rings. The van der Waals surface area contributed by atoms with Crippen molar-refractivity contribution < 1.29 is 37.5 Å². The second kappa shape index (κ2) is 21.6. The molecule has 16 heteroatoms. The largest absolute Gasteiger partial charge is 0.497 e. The number of carbonyl (C=O) groups excluding carboxylic acids is 1. The maximum atomic E-state index is 13.5. The van der Waals surface area contributed by atoms with Gasteiger partial charge < -0.3 is 32.7 Å². The standard InChI is InChI=1S/C43H51N6O9P/c1-30(2)49(31(3)4)59(56-27-11-24-45)58-37-28-40(48-25-22-39(46-41(48)50)47-42(51)54-26-10-23-44)57-38(37)29-55-43(32-12-8-7-9-13-32,33-14-18-35(52-5)19-15-33)34-16-20-36(53-6)21-17-34/h7-9,12-22,25,30-31,37-38,40H,10-11,26-29H2,1-6H3,(H,46,47,50,51)/t37-,38+,40+,59?/m0/s1. The Labute approximate surface area is 346 Å². The number of anilines is 1. The maximum Gasteiger partial charge on any atom is 0.412 e. The first-order valence-electron chi connectivity index (χ1n) is 19.3. The molecule has 3 aromatic carbocycles. The van der Waals surface area contributed by atoms with E-state index in [2.05, 4.69) is 48.7 Å². The number of methoxy groups -OCH3 is 2. The summed E-state index contributed by atoms with van der Waals surface area (Å²) >= 11 is 0. The lowest BCUT2D eigenvalue weighted by Crippen LogP contribution is -2.39. The fraction of sp³-hybridized carbons (Fsp3) is 0.419. The molecule has 312 valence electrons. The minimum absolute atomic E-state index is 0.00476. The average molecular weight is 827 g/mol. The van der Waals surface area contributed by atoms with E-state index in [0.29, 0.717) is 11.5 Å². The van der Waals surface area contributed by atoms with Gasteiger partial charge in [-0.05, 0) is 74.7 Å². The monoisotopic (exact) mass is 826 g/mol. The Morgan fingerprint density at radius 1 is 0.898 bits per heavy atom. The van der Waals surface area contributed by atoms with E-state index >= 15 is 0 Å². The van der Waals surface area contributed by atoms with Crippen LogP contribution in [0.5, 0.6) is 11.5 Å². The number of hydrogen-bond donors (Lipinski definition) is 1. The smallest absolute Gasteiger partial charge is 0.412 e. The molecule has 1 aromatic heterocycles. The summed E-state index contributed by atoms with van der Waals surface area (Å²) in [6.45, 7) is 8.28. The van der Waals surface area contributed by atoms with Gasteiger partial charge in [-0.3, -0.25) is 9.88 Å². The summed E-state index contributed by atoms with van der Waals surface area (Å²) in [4.78, 5) is 29.8. The van der Waals surface area contributed by atoms with Crippen LogP contribution in [0.15, 0.2) is 95.9 Å². The molecule has 15 nitrogen and oxygen atoms in total. The van der Waals surface area contributed by atoms with Crippen molar-refractivity contribution in [3.8, 4) is 23.6 Å². The van der Waals surface area contributed by atoms with Crippen molar-refractivity contribution in [3.63, 3.8) is 0 Å². The van der Waals surface area contributed by atoms with Gasteiger partial charge in [0.2, 0.25) is 0 Å². The van der Waals surface area contributed by atoms with E-state index < -0.39 is 44.3 Å². The summed E-state index contributed by atoms with van der Waals surface area (Å²) in [5, 5.41) is 20.5. The molecule has 1 aliphatic rings. The van der Waals surface area contributed by atoms with E-state index in [1.807, 2.05) is 84.9 Å². The molecular formula is C43H51N6O9P. The Hall–Kier alpha value is -5.38. The molecule has 0 radical (unpaired) electrons. The number of ether oxygens (including phenoxy) is 5. The third-order valence-electron chi connectivity index (χ3n) is 9.52. The second-order valence-corrected chi connectivity index (χ2v) is 15.4. The average Bonchev–Trinajstić information content (AvgIpc) is 3.63. The highest BCUT2D eigenvalue weighted by molar-refractivity contribution is 7.44. The lowest BCUT2D eigenvalue weighted by atomic mass is 9.80. The van der Waals surface area contributed by atoms with Gasteiger partial charge in [0.05, 0.1) is 58.5 Å². The number of hydrogen-bond acceptors (Lipinski definition) is 13. The fourth-order valence-corrected chi connectivity index (χ4v) is 8.61. The molecule has 59 heavy (non-hydrogen) atoms. The highest BCUT2D eigenvalue weighted by Crippen LogP contribution is 2.50. The van der Waals surface area contributed by atoms with E-state index in [9.17, 15) is 14.9 Å². The maximum absolute atomic E-state index is 13.5. The normalized spacial score (nSPS) is 17.0. The first-order valence-corrected chi connectivity index (χ1v) is 20.5. The van der Waals surface area contributed by atoms with Crippen molar-refractivity contribution in [1.82, 2.24) is 14.2 Å². The number of aromatic nitrogens is 2. The first kappa shape index (κ1) is 44.7. The van der Waals surface area contributed by atoms with Crippen LogP contribution in [0.3, 0.4) is 0 Å². The van der Waals surface area contributed by atoms with E-state index in [0.717, 1.165) is 16.7 Å². The molecule has 4 atom stereocenters. The third kappa shape index (κ3) is 11.2.